The zero-order valence-corrected chi connectivity index (χ0v) is 9.02. The second-order valence-corrected chi connectivity index (χ2v) is 3.42. The van der Waals surface area contributed by atoms with Gasteiger partial charge in [0.15, 0.2) is 11.6 Å². The third-order valence-corrected chi connectivity index (χ3v) is 2.21. The molecular formula is C12H8F2N2O2. The number of carbonyl (C=O) groups excluding carboxylic acids is 1. The Morgan fingerprint density at radius 2 is 1.83 bits per heavy atom. The maximum atomic E-state index is 13.3. The van der Waals surface area contributed by atoms with E-state index in [4.69, 9.17) is 0 Å². The predicted octanol–water partition coefficient (Wildman–Crippen LogP) is 2.32. The molecule has 92 valence electrons. The molecule has 0 bridgehead atoms. The molecule has 18 heavy (non-hydrogen) atoms. The fourth-order valence-electron chi connectivity index (χ4n) is 1.38. The van der Waals surface area contributed by atoms with Crippen LogP contribution in [0.1, 0.15) is 10.4 Å². The molecule has 0 saturated heterocycles. The number of anilines is 1. The average Bonchev–Trinajstić information content (AvgIpc) is 2.32. The van der Waals surface area contributed by atoms with Gasteiger partial charge in [-0.1, -0.05) is 6.07 Å². The predicted molar refractivity (Wildman–Crippen MR) is 60.2 cm³/mol. The molecule has 1 heterocycles. The van der Waals surface area contributed by atoms with Crippen molar-refractivity contribution in [1.29, 1.82) is 0 Å². The highest BCUT2D eigenvalue weighted by molar-refractivity contribution is 6.04. The first-order valence-electron chi connectivity index (χ1n) is 4.99. The highest BCUT2D eigenvalue weighted by Crippen LogP contribution is 2.20. The summed E-state index contributed by atoms with van der Waals surface area (Å²) in [5.41, 5.74) is -0.720. The number of pyridine rings is 1. The molecule has 0 saturated carbocycles. The van der Waals surface area contributed by atoms with Crippen molar-refractivity contribution in [2.24, 2.45) is 0 Å². The molecule has 1 amide bonds. The van der Waals surface area contributed by atoms with Gasteiger partial charge in [0.2, 0.25) is 0 Å². The van der Waals surface area contributed by atoms with Gasteiger partial charge in [-0.15, -0.1) is 0 Å². The standard InChI is InChI=1S/C12H8F2N2O2/c13-7-3-1-4-8(14)10(7)12(18)16-11-9(17)5-2-6-15-11/h1-6,17H,(H,15,16,18). The Morgan fingerprint density at radius 1 is 1.17 bits per heavy atom. The van der Waals surface area contributed by atoms with E-state index < -0.39 is 23.1 Å². The maximum absolute atomic E-state index is 13.3. The van der Waals surface area contributed by atoms with Gasteiger partial charge in [-0.05, 0) is 24.3 Å². The first kappa shape index (κ1) is 12.0. The van der Waals surface area contributed by atoms with E-state index in [1.165, 1.54) is 18.3 Å². The monoisotopic (exact) mass is 250 g/mol. The summed E-state index contributed by atoms with van der Waals surface area (Å²) < 4.78 is 26.6. The van der Waals surface area contributed by atoms with E-state index in [-0.39, 0.29) is 11.6 Å². The lowest BCUT2D eigenvalue weighted by molar-refractivity contribution is 0.101. The third kappa shape index (κ3) is 2.27. The smallest absolute Gasteiger partial charge is 0.262 e. The molecular weight excluding hydrogens is 242 g/mol. The van der Waals surface area contributed by atoms with Crippen LogP contribution in [-0.2, 0) is 0 Å². The number of hydrogen-bond acceptors (Lipinski definition) is 3. The fraction of sp³-hybridized carbons (Fsp3) is 0. The Kier molecular flexibility index (Phi) is 3.18. The highest BCUT2D eigenvalue weighted by atomic mass is 19.1. The van der Waals surface area contributed by atoms with Crippen molar-refractivity contribution in [1.82, 2.24) is 4.98 Å². The van der Waals surface area contributed by atoms with Crippen molar-refractivity contribution in [3.05, 3.63) is 53.7 Å². The van der Waals surface area contributed by atoms with Crippen molar-refractivity contribution in [3.8, 4) is 5.75 Å². The van der Waals surface area contributed by atoms with Gasteiger partial charge in [-0.3, -0.25) is 4.79 Å². The average molecular weight is 250 g/mol. The zero-order chi connectivity index (χ0) is 13.1. The summed E-state index contributed by atoms with van der Waals surface area (Å²) in [4.78, 5) is 15.3. The largest absolute Gasteiger partial charge is 0.504 e. The molecule has 1 aromatic heterocycles. The molecule has 1 aromatic carbocycles. The van der Waals surface area contributed by atoms with E-state index in [1.54, 1.807) is 0 Å². The molecule has 0 aliphatic heterocycles. The highest BCUT2D eigenvalue weighted by Gasteiger charge is 2.18. The fourth-order valence-corrected chi connectivity index (χ4v) is 1.38. The number of aromatic nitrogens is 1. The van der Waals surface area contributed by atoms with Crippen LogP contribution in [0.3, 0.4) is 0 Å². The number of hydrogen-bond donors (Lipinski definition) is 2. The Labute approximate surface area is 101 Å². The number of benzene rings is 1. The van der Waals surface area contributed by atoms with E-state index in [0.29, 0.717) is 0 Å². The zero-order valence-electron chi connectivity index (χ0n) is 9.02. The molecule has 4 nitrogen and oxygen atoms in total. The van der Waals surface area contributed by atoms with Crippen LogP contribution >= 0.6 is 0 Å². The van der Waals surface area contributed by atoms with E-state index in [1.807, 2.05) is 0 Å². The first-order valence-corrected chi connectivity index (χ1v) is 4.99. The molecule has 2 rings (SSSR count). The molecule has 0 fully saturated rings. The summed E-state index contributed by atoms with van der Waals surface area (Å²) >= 11 is 0. The number of rotatable bonds is 2. The number of amides is 1. The van der Waals surface area contributed by atoms with Gasteiger partial charge in [0.1, 0.15) is 17.2 Å². The summed E-state index contributed by atoms with van der Waals surface area (Å²) in [6, 6.07) is 5.83. The molecule has 6 heteroatoms. The minimum Gasteiger partial charge on any atom is -0.504 e. The normalized spacial score (nSPS) is 10.1. The lowest BCUT2D eigenvalue weighted by atomic mass is 10.2. The van der Waals surface area contributed by atoms with E-state index >= 15 is 0 Å². The number of halogens is 2. The van der Waals surface area contributed by atoms with Gasteiger partial charge < -0.3 is 10.4 Å². The van der Waals surface area contributed by atoms with E-state index in [0.717, 1.165) is 18.2 Å². The Balaban J connectivity index is 2.31. The van der Waals surface area contributed by atoms with Crippen molar-refractivity contribution in [2.45, 2.75) is 0 Å². The Bertz CT molecular complexity index is 582. The number of aromatic hydroxyl groups is 1. The van der Waals surface area contributed by atoms with Crippen LogP contribution in [0.4, 0.5) is 14.6 Å². The second-order valence-electron chi connectivity index (χ2n) is 3.42. The minimum atomic E-state index is -1.01. The first-order chi connectivity index (χ1) is 8.59. The molecule has 0 atom stereocenters. The SMILES string of the molecule is O=C(Nc1ncccc1O)c1c(F)cccc1F. The molecule has 0 unspecified atom stereocenters. The van der Waals surface area contributed by atoms with E-state index in [2.05, 4.69) is 10.3 Å². The van der Waals surface area contributed by atoms with Crippen LogP contribution < -0.4 is 5.32 Å². The van der Waals surface area contributed by atoms with Crippen LogP contribution in [0.2, 0.25) is 0 Å². The van der Waals surface area contributed by atoms with Gasteiger partial charge in [0.05, 0.1) is 0 Å². The molecule has 0 radical (unpaired) electrons. The van der Waals surface area contributed by atoms with Gasteiger partial charge in [-0.2, -0.15) is 0 Å². The van der Waals surface area contributed by atoms with Crippen molar-refractivity contribution < 1.29 is 18.7 Å². The number of carbonyl (C=O) groups is 1. The summed E-state index contributed by atoms with van der Waals surface area (Å²) in [7, 11) is 0. The Hall–Kier alpha value is -2.50. The number of nitrogens with zero attached hydrogens (tertiary/aromatic N) is 1. The topological polar surface area (TPSA) is 62.2 Å². The van der Waals surface area contributed by atoms with Gasteiger partial charge in [-0.25, -0.2) is 13.8 Å². The van der Waals surface area contributed by atoms with Crippen LogP contribution in [0.5, 0.6) is 5.75 Å². The third-order valence-electron chi connectivity index (χ3n) is 2.21. The molecule has 2 aromatic rings. The van der Waals surface area contributed by atoms with Gasteiger partial charge in [0, 0.05) is 6.20 Å². The number of nitrogens with one attached hydrogen (secondary N) is 1. The maximum Gasteiger partial charge on any atom is 0.262 e. The van der Waals surface area contributed by atoms with Crippen LogP contribution in [-0.4, -0.2) is 16.0 Å². The van der Waals surface area contributed by atoms with Crippen molar-refractivity contribution in [3.63, 3.8) is 0 Å². The summed E-state index contributed by atoms with van der Waals surface area (Å²) in [5, 5.41) is 11.5. The van der Waals surface area contributed by atoms with Gasteiger partial charge >= 0.3 is 0 Å². The molecule has 2 N–H and O–H groups in total. The quantitative estimate of drug-likeness (QED) is 0.859. The van der Waals surface area contributed by atoms with Crippen LogP contribution in [0.15, 0.2) is 36.5 Å². The van der Waals surface area contributed by atoms with Gasteiger partial charge in [0.25, 0.3) is 5.91 Å². The molecule has 0 aliphatic rings. The van der Waals surface area contributed by atoms with Crippen molar-refractivity contribution in [2.75, 3.05) is 5.32 Å². The summed E-state index contributed by atoms with van der Waals surface area (Å²) in [6.45, 7) is 0. The Morgan fingerprint density at radius 3 is 2.44 bits per heavy atom. The van der Waals surface area contributed by atoms with Crippen LogP contribution in [0.25, 0.3) is 0 Å². The lowest BCUT2D eigenvalue weighted by Gasteiger charge is -2.07. The van der Waals surface area contributed by atoms with Crippen LogP contribution in [0, 0.1) is 11.6 Å². The summed E-state index contributed by atoms with van der Waals surface area (Å²) in [6.07, 6.45) is 1.33. The summed E-state index contributed by atoms with van der Waals surface area (Å²) in [5.74, 6) is -3.43. The second kappa shape index (κ2) is 4.79. The molecule has 0 aliphatic carbocycles. The lowest BCUT2D eigenvalue weighted by Crippen LogP contribution is -2.16. The van der Waals surface area contributed by atoms with E-state index in [9.17, 15) is 18.7 Å². The minimum absolute atomic E-state index is 0.162. The molecule has 0 spiro atoms. The van der Waals surface area contributed by atoms with Crippen molar-refractivity contribution >= 4 is 11.7 Å².